The number of aldehydes is 1. The molecule has 2 aromatic rings. The molecule has 1 heterocycles. The molecule has 126 valence electrons. The molecule has 5 heteroatoms. The fourth-order valence-corrected chi connectivity index (χ4v) is 3.35. The summed E-state index contributed by atoms with van der Waals surface area (Å²) in [5, 5.41) is 4.41. The van der Waals surface area contributed by atoms with Gasteiger partial charge in [-0.15, -0.1) is 0 Å². The van der Waals surface area contributed by atoms with Crippen molar-refractivity contribution in [2.45, 2.75) is 26.0 Å². The van der Waals surface area contributed by atoms with Gasteiger partial charge < -0.3 is 4.74 Å². The third-order valence-corrected chi connectivity index (χ3v) is 4.90. The van der Waals surface area contributed by atoms with Crippen LogP contribution in [0.2, 0.25) is 10.0 Å². The minimum absolute atomic E-state index is 0.0463. The molecule has 1 aliphatic rings. The number of carbonyl (C=O) groups excluding carboxylic acids is 1. The lowest BCUT2D eigenvalue weighted by molar-refractivity contribution is 0.0818. The summed E-state index contributed by atoms with van der Waals surface area (Å²) in [6.45, 7) is 3.11. The van der Waals surface area contributed by atoms with Gasteiger partial charge in [0.1, 0.15) is 5.75 Å². The maximum atomic E-state index is 11.5. The number of hydrogen-bond donors (Lipinski definition) is 1. The van der Waals surface area contributed by atoms with Crippen LogP contribution in [0.15, 0.2) is 36.4 Å². The normalized spacial score (nSPS) is 20.6. The molecule has 0 radical (unpaired) electrons. The second kappa shape index (κ2) is 7.56. The second-order valence-corrected chi connectivity index (χ2v) is 6.95. The van der Waals surface area contributed by atoms with E-state index in [4.69, 9.17) is 27.9 Å². The zero-order valence-electron chi connectivity index (χ0n) is 13.4. The highest BCUT2D eigenvalue weighted by Crippen LogP contribution is 2.34. The minimum Gasteiger partial charge on any atom is -0.475 e. The average molecular weight is 364 g/mol. The molecule has 3 nitrogen and oxygen atoms in total. The Bertz CT molecular complexity index is 731. The van der Waals surface area contributed by atoms with E-state index in [1.54, 1.807) is 18.2 Å². The zero-order valence-corrected chi connectivity index (χ0v) is 14.9. The Hall–Kier alpha value is -1.55. The highest BCUT2D eigenvalue weighted by atomic mass is 35.5. The van der Waals surface area contributed by atoms with Crippen LogP contribution < -0.4 is 10.1 Å². The Balaban J connectivity index is 1.96. The number of halogens is 2. The Kier molecular flexibility index (Phi) is 5.44. The van der Waals surface area contributed by atoms with Gasteiger partial charge in [-0.2, -0.15) is 0 Å². The number of nitrogens with one attached hydrogen (secondary N) is 1. The van der Waals surface area contributed by atoms with Crippen LogP contribution >= 0.6 is 23.2 Å². The molecule has 0 amide bonds. The first-order chi connectivity index (χ1) is 11.6. The van der Waals surface area contributed by atoms with Crippen molar-refractivity contribution in [3.05, 3.63) is 52.0 Å². The lowest BCUT2D eigenvalue weighted by Crippen LogP contribution is -2.44. The molecule has 1 aliphatic heterocycles. The molecule has 1 fully saturated rings. The van der Waals surface area contributed by atoms with E-state index in [2.05, 4.69) is 12.2 Å². The maximum absolute atomic E-state index is 11.5. The van der Waals surface area contributed by atoms with E-state index in [9.17, 15) is 4.79 Å². The van der Waals surface area contributed by atoms with Gasteiger partial charge in [0.05, 0.1) is 5.02 Å². The molecule has 0 bridgehead atoms. The summed E-state index contributed by atoms with van der Waals surface area (Å²) in [7, 11) is 0. The lowest BCUT2D eigenvalue weighted by atomic mass is 9.99. The zero-order chi connectivity index (χ0) is 17.1. The summed E-state index contributed by atoms with van der Waals surface area (Å²) in [6.07, 6.45) is 3.01. The summed E-state index contributed by atoms with van der Waals surface area (Å²) in [4.78, 5) is 11.5. The molecule has 0 saturated carbocycles. The number of carbonyl (C=O) groups is 1. The van der Waals surface area contributed by atoms with Crippen LogP contribution in [-0.2, 0) is 0 Å². The van der Waals surface area contributed by atoms with Crippen LogP contribution in [-0.4, -0.2) is 19.1 Å². The Morgan fingerprint density at radius 1 is 1.21 bits per heavy atom. The Morgan fingerprint density at radius 3 is 2.62 bits per heavy atom. The molecule has 3 rings (SSSR count). The quantitative estimate of drug-likeness (QED) is 0.758. The van der Waals surface area contributed by atoms with E-state index in [1.165, 1.54) is 0 Å². The number of rotatable bonds is 4. The van der Waals surface area contributed by atoms with Crippen LogP contribution in [0.1, 0.15) is 30.1 Å². The average Bonchev–Trinajstić information content (AvgIpc) is 2.57. The second-order valence-electron chi connectivity index (χ2n) is 6.10. The molecule has 0 spiro atoms. The van der Waals surface area contributed by atoms with Gasteiger partial charge >= 0.3 is 0 Å². The van der Waals surface area contributed by atoms with Crippen molar-refractivity contribution in [1.29, 1.82) is 0 Å². The molecular formula is C19H19Cl2NO2. The fraction of sp³-hybridized carbons (Fsp3) is 0.316. The number of benzene rings is 2. The maximum Gasteiger partial charge on any atom is 0.152 e. The molecule has 0 aromatic heterocycles. The van der Waals surface area contributed by atoms with Crippen molar-refractivity contribution in [3.8, 4) is 16.9 Å². The molecule has 2 aromatic carbocycles. The molecule has 1 saturated heterocycles. The SMILES string of the molecule is CC1CCCNC1Oc1cc(Cl)c(C=O)c(-c2ccc(Cl)cc2)c1. The standard InChI is InChI=1S/C19H19Cl2NO2/c1-12-3-2-8-22-19(12)24-15-9-16(17(11-23)18(21)10-15)13-4-6-14(20)7-5-13/h4-7,9-12,19,22H,2-3,8H2,1H3. The van der Waals surface area contributed by atoms with Crippen molar-refractivity contribution in [3.63, 3.8) is 0 Å². The first-order valence-corrected chi connectivity index (χ1v) is 8.79. The van der Waals surface area contributed by atoms with Crippen LogP contribution in [0.25, 0.3) is 11.1 Å². The van der Waals surface area contributed by atoms with E-state index in [1.807, 2.05) is 18.2 Å². The van der Waals surface area contributed by atoms with Gasteiger partial charge in [0.25, 0.3) is 0 Å². The van der Waals surface area contributed by atoms with Gasteiger partial charge in [-0.05, 0) is 54.8 Å². The Morgan fingerprint density at radius 2 is 1.96 bits per heavy atom. The van der Waals surface area contributed by atoms with Crippen molar-refractivity contribution in [1.82, 2.24) is 5.32 Å². The number of hydrogen-bond acceptors (Lipinski definition) is 3. The van der Waals surface area contributed by atoms with Gasteiger partial charge in [0.15, 0.2) is 12.5 Å². The summed E-state index contributed by atoms with van der Waals surface area (Å²) in [6, 6.07) is 10.9. The first kappa shape index (κ1) is 17.3. The van der Waals surface area contributed by atoms with E-state index < -0.39 is 0 Å². The fourth-order valence-electron chi connectivity index (χ4n) is 2.97. The predicted octanol–water partition coefficient (Wildman–Crippen LogP) is 5.20. The van der Waals surface area contributed by atoms with Crippen LogP contribution in [0, 0.1) is 5.92 Å². The van der Waals surface area contributed by atoms with Gasteiger partial charge in [0.2, 0.25) is 0 Å². The smallest absolute Gasteiger partial charge is 0.152 e. The summed E-state index contributed by atoms with van der Waals surface area (Å²) < 4.78 is 6.10. The molecule has 2 unspecified atom stereocenters. The minimum atomic E-state index is -0.0463. The lowest BCUT2D eigenvalue weighted by Gasteiger charge is -2.30. The third-order valence-electron chi connectivity index (χ3n) is 4.34. The molecular weight excluding hydrogens is 345 g/mol. The summed E-state index contributed by atoms with van der Waals surface area (Å²) in [5.74, 6) is 1.07. The van der Waals surface area contributed by atoms with Gasteiger partial charge in [-0.1, -0.05) is 42.3 Å². The Labute approximate surface area is 151 Å². The number of ether oxygens (including phenoxy) is 1. The van der Waals surface area contributed by atoms with Crippen molar-refractivity contribution in [2.75, 3.05) is 6.54 Å². The summed E-state index contributed by atoms with van der Waals surface area (Å²) >= 11 is 12.3. The van der Waals surface area contributed by atoms with E-state index in [0.717, 1.165) is 36.8 Å². The molecule has 24 heavy (non-hydrogen) atoms. The van der Waals surface area contributed by atoms with E-state index in [-0.39, 0.29) is 6.23 Å². The predicted molar refractivity (Wildman–Crippen MR) is 98.1 cm³/mol. The van der Waals surface area contributed by atoms with Crippen molar-refractivity contribution >= 4 is 29.5 Å². The van der Waals surface area contributed by atoms with Crippen LogP contribution in [0.5, 0.6) is 5.75 Å². The van der Waals surface area contributed by atoms with Crippen molar-refractivity contribution in [2.24, 2.45) is 5.92 Å². The topological polar surface area (TPSA) is 38.3 Å². The molecule has 1 N–H and O–H groups in total. The van der Waals surface area contributed by atoms with Crippen LogP contribution in [0.4, 0.5) is 0 Å². The van der Waals surface area contributed by atoms with E-state index >= 15 is 0 Å². The van der Waals surface area contributed by atoms with Gasteiger partial charge in [0, 0.05) is 16.5 Å². The highest BCUT2D eigenvalue weighted by Gasteiger charge is 2.23. The number of piperidine rings is 1. The highest BCUT2D eigenvalue weighted by molar-refractivity contribution is 6.34. The largest absolute Gasteiger partial charge is 0.475 e. The monoisotopic (exact) mass is 363 g/mol. The molecule has 0 aliphatic carbocycles. The van der Waals surface area contributed by atoms with Gasteiger partial charge in [-0.3, -0.25) is 10.1 Å². The van der Waals surface area contributed by atoms with Crippen LogP contribution in [0.3, 0.4) is 0 Å². The van der Waals surface area contributed by atoms with E-state index in [0.29, 0.717) is 27.3 Å². The molecule has 2 atom stereocenters. The van der Waals surface area contributed by atoms with Crippen molar-refractivity contribution < 1.29 is 9.53 Å². The van der Waals surface area contributed by atoms with Gasteiger partial charge in [-0.25, -0.2) is 0 Å². The third kappa shape index (κ3) is 3.75. The first-order valence-electron chi connectivity index (χ1n) is 8.03. The summed E-state index contributed by atoms with van der Waals surface area (Å²) in [5.41, 5.74) is 2.07.